The van der Waals surface area contributed by atoms with E-state index in [1.54, 1.807) is 6.07 Å². The highest BCUT2D eigenvalue weighted by Crippen LogP contribution is 2.38. The van der Waals surface area contributed by atoms with Crippen molar-refractivity contribution in [1.29, 1.82) is 0 Å². The summed E-state index contributed by atoms with van der Waals surface area (Å²) in [4.78, 5) is 22.7. The number of carbonyl (C=O) groups is 2. The fraction of sp³-hybridized carbons (Fsp3) is 0.130. The summed E-state index contributed by atoms with van der Waals surface area (Å²) in [5.74, 6) is -1.00. The molecule has 0 unspecified atom stereocenters. The molecule has 4 aromatic rings. The molecule has 146 valence electrons. The average Bonchev–Trinajstić information content (AvgIpc) is 3.02. The summed E-state index contributed by atoms with van der Waals surface area (Å²) in [6.07, 6.45) is 0.0923. The molecule has 1 aromatic heterocycles. The highest BCUT2D eigenvalue weighted by molar-refractivity contribution is 6.13. The van der Waals surface area contributed by atoms with Crippen LogP contribution in [0.2, 0.25) is 0 Å². The molecule has 0 spiro atoms. The van der Waals surface area contributed by atoms with Crippen LogP contribution in [0.3, 0.4) is 0 Å². The lowest BCUT2D eigenvalue weighted by Gasteiger charge is -2.09. The van der Waals surface area contributed by atoms with Crippen molar-refractivity contribution < 1.29 is 19.4 Å². The number of benzene rings is 3. The van der Waals surface area contributed by atoms with Crippen LogP contribution in [0.15, 0.2) is 66.7 Å². The van der Waals surface area contributed by atoms with Gasteiger partial charge in [0.1, 0.15) is 5.75 Å². The Morgan fingerprint density at radius 2 is 1.59 bits per heavy atom. The van der Waals surface area contributed by atoms with E-state index in [1.165, 1.54) is 0 Å². The highest BCUT2D eigenvalue weighted by Gasteiger charge is 2.18. The number of carbonyl (C=O) groups excluding carboxylic acids is 1. The molecule has 0 saturated heterocycles. The molecule has 1 heterocycles. The number of carboxylic acids is 1. The molecule has 0 radical (unpaired) electrons. The molecule has 3 aromatic carbocycles. The molecular weight excluding hydrogens is 368 g/mol. The monoisotopic (exact) mass is 388 g/mol. The number of nitrogens with two attached hydrogens (primary N) is 1. The molecule has 29 heavy (non-hydrogen) atoms. The summed E-state index contributed by atoms with van der Waals surface area (Å²) in [7, 11) is 0. The van der Waals surface area contributed by atoms with Crippen molar-refractivity contribution in [3.8, 4) is 5.75 Å². The molecule has 0 saturated carbocycles. The quantitative estimate of drug-likeness (QED) is 0.508. The minimum absolute atomic E-state index is 0.0923. The van der Waals surface area contributed by atoms with Gasteiger partial charge in [-0.05, 0) is 29.3 Å². The molecule has 0 bridgehead atoms. The standard InChI is InChI=1S/C23H20N2O4/c24-20(26)12-16-8-4-9-17-22(16)23-18(10-5-11-19(23)29-14-21(27)28)25(17)13-15-6-2-1-3-7-15/h1-11H,12-14H2,(H2,24,26)(H,27,28). The molecular formula is C23H20N2O4. The third kappa shape index (κ3) is 3.65. The third-order valence-corrected chi connectivity index (χ3v) is 4.86. The van der Waals surface area contributed by atoms with Crippen molar-refractivity contribution in [2.24, 2.45) is 5.73 Å². The minimum atomic E-state index is -1.05. The average molecular weight is 388 g/mol. The Morgan fingerprint density at radius 1 is 0.897 bits per heavy atom. The fourth-order valence-corrected chi connectivity index (χ4v) is 3.76. The zero-order valence-corrected chi connectivity index (χ0v) is 15.7. The van der Waals surface area contributed by atoms with Crippen molar-refractivity contribution in [1.82, 2.24) is 4.57 Å². The van der Waals surface area contributed by atoms with Crippen LogP contribution in [0.25, 0.3) is 21.8 Å². The van der Waals surface area contributed by atoms with Crippen LogP contribution in [0.4, 0.5) is 0 Å². The van der Waals surface area contributed by atoms with Crippen LogP contribution in [0.5, 0.6) is 5.75 Å². The number of aliphatic carboxylic acids is 1. The normalized spacial score (nSPS) is 11.0. The zero-order valence-electron chi connectivity index (χ0n) is 15.7. The molecule has 6 nitrogen and oxygen atoms in total. The van der Waals surface area contributed by atoms with E-state index in [1.807, 2.05) is 48.5 Å². The third-order valence-electron chi connectivity index (χ3n) is 4.86. The Bertz CT molecular complexity index is 1210. The van der Waals surface area contributed by atoms with Gasteiger partial charge in [0.25, 0.3) is 0 Å². The van der Waals surface area contributed by atoms with Gasteiger partial charge in [-0.3, -0.25) is 4.79 Å². The Hall–Kier alpha value is -3.80. The fourth-order valence-electron chi connectivity index (χ4n) is 3.76. The van der Waals surface area contributed by atoms with Crippen LogP contribution in [0, 0.1) is 0 Å². The number of ether oxygens (including phenoxy) is 1. The van der Waals surface area contributed by atoms with Gasteiger partial charge in [0.15, 0.2) is 6.61 Å². The Labute approximate surface area is 167 Å². The van der Waals surface area contributed by atoms with Crippen LogP contribution in [0.1, 0.15) is 11.1 Å². The Kier molecular flexibility index (Phi) is 4.91. The van der Waals surface area contributed by atoms with Crippen LogP contribution in [-0.4, -0.2) is 28.2 Å². The summed E-state index contributed by atoms with van der Waals surface area (Å²) < 4.78 is 7.73. The lowest BCUT2D eigenvalue weighted by Crippen LogP contribution is -2.13. The molecule has 0 aliphatic rings. The molecule has 4 rings (SSSR count). The second-order valence-electron chi connectivity index (χ2n) is 6.86. The lowest BCUT2D eigenvalue weighted by molar-refractivity contribution is -0.139. The highest BCUT2D eigenvalue weighted by atomic mass is 16.5. The largest absolute Gasteiger partial charge is 0.481 e. The second-order valence-corrected chi connectivity index (χ2v) is 6.86. The van der Waals surface area contributed by atoms with Gasteiger partial charge in [-0.25, -0.2) is 4.79 Å². The number of rotatable bonds is 7. The van der Waals surface area contributed by atoms with Crippen molar-refractivity contribution in [2.75, 3.05) is 6.61 Å². The van der Waals surface area contributed by atoms with Crippen molar-refractivity contribution in [3.05, 3.63) is 77.9 Å². The van der Waals surface area contributed by atoms with Crippen LogP contribution < -0.4 is 10.5 Å². The SMILES string of the molecule is NC(=O)Cc1cccc2c1c1c(OCC(=O)O)cccc1n2Cc1ccccc1. The predicted octanol–water partition coefficient (Wildman–Crippen LogP) is 3.33. The van der Waals surface area contributed by atoms with Gasteiger partial charge in [0.2, 0.25) is 5.91 Å². The molecule has 0 aliphatic heterocycles. The van der Waals surface area contributed by atoms with E-state index < -0.39 is 18.5 Å². The molecule has 6 heteroatoms. The summed E-state index contributed by atoms with van der Waals surface area (Å²) in [5, 5.41) is 10.7. The predicted molar refractivity (Wildman–Crippen MR) is 111 cm³/mol. The number of amides is 1. The van der Waals surface area contributed by atoms with Gasteiger partial charge < -0.3 is 20.1 Å². The van der Waals surface area contributed by atoms with E-state index in [4.69, 9.17) is 15.6 Å². The maximum atomic E-state index is 11.7. The second kappa shape index (κ2) is 7.67. The number of hydrogen-bond donors (Lipinski definition) is 2. The molecule has 0 aliphatic carbocycles. The van der Waals surface area contributed by atoms with Crippen molar-refractivity contribution in [2.45, 2.75) is 13.0 Å². The first-order valence-corrected chi connectivity index (χ1v) is 9.24. The van der Waals surface area contributed by atoms with E-state index in [0.29, 0.717) is 12.3 Å². The number of nitrogens with zero attached hydrogens (tertiary/aromatic N) is 1. The number of primary amides is 1. The Morgan fingerprint density at radius 3 is 2.28 bits per heavy atom. The lowest BCUT2D eigenvalue weighted by atomic mass is 10.0. The minimum Gasteiger partial charge on any atom is -0.481 e. The van der Waals surface area contributed by atoms with Gasteiger partial charge in [-0.15, -0.1) is 0 Å². The van der Waals surface area contributed by atoms with E-state index >= 15 is 0 Å². The van der Waals surface area contributed by atoms with Gasteiger partial charge in [0.05, 0.1) is 11.9 Å². The Balaban J connectivity index is 2.00. The smallest absolute Gasteiger partial charge is 0.341 e. The first-order chi connectivity index (χ1) is 14.0. The summed E-state index contributed by atoms with van der Waals surface area (Å²) in [6.45, 7) is 0.186. The molecule has 3 N–H and O–H groups in total. The van der Waals surface area contributed by atoms with E-state index in [2.05, 4.69) is 16.7 Å². The topological polar surface area (TPSA) is 94.6 Å². The maximum Gasteiger partial charge on any atom is 0.341 e. The van der Waals surface area contributed by atoms with Gasteiger partial charge in [-0.2, -0.15) is 0 Å². The van der Waals surface area contributed by atoms with Gasteiger partial charge in [0, 0.05) is 22.8 Å². The van der Waals surface area contributed by atoms with Crippen molar-refractivity contribution >= 4 is 33.7 Å². The summed E-state index contributed by atoms with van der Waals surface area (Å²) >= 11 is 0. The maximum absolute atomic E-state index is 11.7. The van der Waals surface area contributed by atoms with Crippen LogP contribution in [-0.2, 0) is 22.6 Å². The van der Waals surface area contributed by atoms with Crippen LogP contribution >= 0.6 is 0 Å². The van der Waals surface area contributed by atoms with E-state index in [-0.39, 0.29) is 6.42 Å². The number of aromatic nitrogens is 1. The summed E-state index contributed by atoms with van der Waals surface area (Å²) in [6, 6.07) is 21.4. The zero-order chi connectivity index (χ0) is 20.4. The molecule has 0 fully saturated rings. The first kappa shape index (κ1) is 18.6. The number of carboxylic acid groups (broad SMARTS) is 1. The van der Waals surface area contributed by atoms with Gasteiger partial charge >= 0.3 is 5.97 Å². The number of fused-ring (bicyclic) bond motifs is 3. The molecule has 0 atom stereocenters. The van der Waals surface area contributed by atoms with Gasteiger partial charge in [-0.1, -0.05) is 48.5 Å². The first-order valence-electron chi connectivity index (χ1n) is 9.24. The molecule has 1 amide bonds. The van der Waals surface area contributed by atoms with Crippen molar-refractivity contribution in [3.63, 3.8) is 0 Å². The number of hydrogen-bond acceptors (Lipinski definition) is 3. The van der Waals surface area contributed by atoms with E-state index in [9.17, 15) is 9.59 Å². The van der Waals surface area contributed by atoms with E-state index in [0.717, 1.165) is 32.9 Å². The summed E-state index contributed by atoms with van der Waals surface area (Å²) in [5.41, 5.74) is 9.23.